The van der Waals surface area contributed by atoms with Crippen LogP contribution in [0.25, 0.3) is 11.3 Å². The van der Waals surface area contributed by atoms with Crippen molar-refractivity contribution in [2.24, 2.45) is 0 Å². The van der Waals surface area contributed by atoms with Crippen molar-refractivity contribution in [1.82, 2.24) is 9.55 Å². The summed E-state index contributed by atoms with van der Waals surface area (Å²) in [5.41, 5.74) is 1.06. The summed E-state index contributed by atoms with van der Waals surface area (Å²) >= 11 is 5.94. The minimum Gasteiger partial charge on any atom is -0.298 e. The molecular weight excluding hydrogens is 412 g/mol. The SMILES string of the molecule is CCCCCc1nc(-c2ccc(Cl)cc2)cc(=O)n1CC(=O)CCCS(C)(=O)=O. The Balaban J connectivity index is 2.26. The van der Waals surface area contributed by atoms with Crippen molar-refractivity contribution >= 4 is 27.2 Å². The monoisotopic (exact) mass is 438 g/mol. The van der Waals surface area contributed by atoms with Gasteiger partial charge in [-0.25, -0.2) is 13.4 Å². The van der Waals surface area contributed by atoms with Gasteiger partial charge in [-0.2, -0.15) is 0 Å². The normalized spacial score (nSPS) is 11.6. The van der Waals surface area contributed by atoms with Crippen LogP contribution in [0.4, 0.5) is 0 Å². The van der Waals surface area contributed by atoms with Crippen molar-refractivity contribution in [3.63, 3.8) is 0 Å². The molecule has 2 aromatic rings. The fourth-order valence-electron chi connectivity index (χ4n) is 3.00. The Morgan fingerprint density at radius 1 is 1.14 bits per heavy atom. The number of halogens is 1. The highest BCUT2D eigenvalue weighted by molar-refractivity contribution is 7.90. The van der Waals surface area contributed by atoms with E-state index >= 15 is 0 Å². The second-order valence-electron chi connectivity index (χ2n) is 7.22. The lowest BCUT2D eigenvalue weighted by Crippen LogP contribution is -2.28. The van der Waals surface area contributed by atoms with Gasteiger partial charge >= 0.3 is 0 Å². The first-order valence-electron chi connectivity index (χ1n) is 9.75. The predicted octanol–water partition coefficient (Wildman–Crippen LogP) is 3.69. The van der Waals surface area contributed by atoms with Crippen molar-refractivity contribution in [3.8, 4) is 11.3 Å². The molecule has 0 N–H and O–H groups in total. The molecule has 6 nitrogen and oxygen atoms in total. The minimum atomic E-state index is -3.11. The number of benzene rings is 1. The zero-order chi connectivity index (χ0) is 21.4. The highest BCUT2D eigenvalue weighted by atomic mass is 35.5. The highest BCUT2D eigenvalue weighted by Crippen LogP contribution is 2.19. The molecule has 2 rings (SSSR count). The van der Waals surface area contributed by atoms with E-state index < -0.39 is 9.84 Å². The second-order valence-corrected chi connectivity index (χ2v) is 9.91. The quantitative estimate of drug-likeness (QED) is 0.499. The number of aryl methyl sites for hydroxylation is 1. The number of unbranched alkanes of at least 4 members (excludes halogenated alkanes) is 2. The summed E-state index contributed by atoms with van der Waals surface area (Å²) < 4.78 is 23.9. The number of Topliss-reactive ketones (excluding diaryl/α,β-unsaturated/α-hetero) is 1. The van der Waals surface area contributed by atoms with Gasteiger partial charge in [-0.05, 0) is 25.0 Å². The summed E-state index contributed by atoms with van der Waals surface area (Å²) in [7, 11) is -3.11. The number of sulfone groups is 1. The molecule has 0 aliphatic carbocycles. The van der Waals surface area contributed by atoms with Crippen LogP contribution >= 0.6 is 11.6 Å². The largest absolute Gasteiger partial charge is 0.298 e. The molecule has 158 valence electrons. The standard InChI is InChI=1S/C21H27ClN2O4S/c1-3-4-5-8-20-23-19(16-9-11-17(22)12-10-16)14-21(26)24(20)15-18(25)7-6-13-29(2,27)28/h9-12,14H,3-8,13,15H2,1-2H3. The summed E-state index contributed by atoms with van der Waals surface area (Å²) in [6.45, 7) is 2.01. The number of aromatic nitrogens is 2. The van der Waals surface area contributed by atoms with E-state index in [4.69, 9.17) is 11.6 Å². The van der Waals surface area contributed by atoms with E-state index in [9.17, 15) is 18.0 Å². The van der Waals surface area contributed by atoms with E-state index in [1.807, 2.05) is 0 Å². The summed E-state index contributed by atoms with van der Waals surface area (Å²) in [6, 6.07) is 8.52. The highest BCUT2D eigenvalue weighted by Gasteiger charge is 2.14. The van der Waals surface area contributed by atoms with E-state index in [0.29, 0.717) is 23.0 Å². The summed E-state index contributed by atoms with van der Waals surface area (Å²) in [5, 5.41) is 0.602. The van der Waals surface area contributed by atoms with Crippen molar-refractivity contribution in [1.29, 1.82) is 0 Å². The predicted molar refractivity (Wildman–Crippen MR) is 116 cm³/mol. The van der Waals surface area contributed by atoms with Gasteiger partial charge in [-0.15, -0.1) is 0 Å². The van der Waals surface area contributed by atoms with Gasteiger partial charge in [0, 0.05) is 35.7 Å². The molecule has 0 radical (unpaired) electrons. The molecule has 0 saturated carbocycles. The lowest BCUT2D eigenvalue weighted by molar-refractivity contribution is -0.119. The Labute approximate surface area is 176 Å². The topological polar surface area (TPSA) is 86.1 Å². The lowest BCUT2D eigenvalue weighted by atomic mass is 10.1. The number of nitrogens with zero attached hydrogens (tertiary/aromatic N) is 2. The number of hydrogen-bond donors (Lipinski definition) is 0. The van der Waals surface area contributed by atoms with Crippen molar-refractivity contribution in [3.05, 3.63) is 51.5 Å². The fraction of sp³-hybridized carbons (Fsp3) is 0.476. The number of ketones is 1. The molecule has 0 bridgehead atoms. The molecule has 0 spiro atoms. The third-order valence-electron chi connectivity index (χ3n) is 4.54. The van der Waals surface area contributed by atoms with E-state index in [1.165, 1.54) is 10.6 Å². The third-order valence-corrected chi connectivity index (χ3v) is 5.82. The van der Waals surface area contributed by atoms with Gasteiger partial charge in [-0.1, -0.05) is 43.5 Å². The molecule has 1 aromatic carbocycles. The van der Waals surface area contributed by atoms with E-state index in [-0.39, 0.29) is 36.5 Å². The van der Waals surface area contributed by atoms with Crippen molar-refractivity contribution < 1.29 is 13.2 Å². The van der Waals surface area contributed by atoms with Crippen molar-refractivity contribution in [2.75, 3.05) is 12.0 Å². The van der Waals surface area contributed by atoms with E-state index in [0.717, 1.165) is 31.1 Å². The first-order chi connectivity index (χ1) is 13.7. The zero-order valence-electron chi connectivity index (χ0n) is 16.9. The van der Waals surface area contributed by atoms with E-state index in [1.54, 1.807) is 24.3 Å². The third kappa shape index (κ3) is 7.74. The summed E-state index contributed by atoms with van der Waals surface area (Å²) in [4.78, 5) is 29.7. The van der Waals surface area contributed by atoms with Crippen molar-refractivity contribution in [2.45, 2.75) is 52.0 Å². The molecule has 8 heteroatoms. The minimum absolute atomic E-state index is 0.0370. The average Bonchev–Trinajstić information content (AvgIpc) is 2.64. The van der Waals surface area contributed by atoms with Crippen LogP contribution in [0.2, 0.25) is 5.02 Å². The number of rotatable bonds is 11. The molecule has 0 atom stereocenters. The Morgan fingerprint density at radius 3 is 2.45 bits per heavy atom. The van der Waals surface area contributed by atoms with Crippen LogP contribution < -0.4 is 5.56 Å². The van der Waals surface area contributed by atoms with Gasteiger partial charge in [0.1, 0.15) is 15.7 Å². The fourth-order valence-corrected chi connectivity index (χ4v) is 3.80. The van der Waals surface area contributed by atoms with Gasteiger partial charge in [0.25, 0.3) is 5.56 Å². The molecular formula is C21H27ClN2O4S. The Kier molecular flexibility index (Phi) is 8.59. The maximum absolute atomic E-state index is 12.8. The first kappa shape index (κ1) is 23.3. The molecule has 0 aliphatic rings. The molecule has 0 fully saturated rings. The molecule has 0 unspecified atom stereocenters. The number of carbonyl (C=O) groups excluding carboxylic acids is 1. The first-order valence-corrected chi connectivity index (χ1v) is 12.2. The number of hydrogen-bond acceptors (Lipinski definition) is 5. The van der Waals surface area contributed by atoms with Crippen LogP contribution in [0.1, 0.15) is 44.9 Å². The van der Waals surface area contributed by atoms with Gasteiger partial charge in [0.15, 0.2) is 5.78 Å². The maximum Gasteiger partial charge on any atom is 0.254 e. The maximum atomic E-state index is 12.8. The molecule has 1 heterocycles. The molecule has 0 aliphatic heterocycles. The Hall–Kier alpha value is -1.99. The van der Waals surface area contributed by atoms with Crippen LogP contribution in [0.3, 0.4) is 0 Å². The molecule has 0 amide bonds. The van der Waals surface area contributed by atoms with Gasteiger partial charge < -0.3 is 0 Å². The molecule has 29 heavy (non-hydrogen) atoms. The smallest absolute Gasteiger partial charge is 0.254 e. The van der Waals surface area contributed by atoms with Gasteiger partial charge in [0.2, 0.25) is 0 Å². The molecule has 0 saturated heterocycles. The number of carbonyl (C=O) groups is 1. The van der Waals surface area contributed by atoms with Gasteiger partial charge in [0.05, 0.1) is 18.0 Å². The zero-order valence-corrected chi connectivity index (χ0v) is 18.4. The van der Waals surface area contributed by atoms with Gasteiger partial charge in [-0.3, -0.25) is 14.2 Å². The molecule has 1 aromatic heterocycles. The van der Waals surface area contributed by atoms with Crippen LogP contribution in [0.15, 0.2) is 35.1 Å². The van der Waals surface area contributed by atoms with Crippen LogP contribution in [-0.2, 0) is 27.6 Å². The lowest BCUT2D eigenvalue weighted by Gasteiger charge is -2.13. The summed E-state index contributed by atoms with van der Waals surface area (Å²) in [6.07, 6.45) is 5.03. The van der Waals surface area contributed by atoms with Crippen LogP contribution in [-0.4, -0.2) is 35.8 Å². The average molecular weight is 439 g/mol. The Morgan fingerprint density at radius 2 is 1.83 bits per heavy atom. The summed E-state index contributed by atoms with van der Waals surface area (Å²) in [5.74, 6) is 0.367. The Bertz CT molecular complexity index is 998. The van der Waals surface area contributed by atoms with Crippen LogP contribution in [0, 0.1) is 0 Å². The second kappa shape index (κ2) is 10.7. The van der Waals surface area contributed by atoms with E-state index in [2.05, 4.69) is 11.9 Å². The van der Waals surface area contributed by atoms with Crippen LogP contribution in [0.5, 0.6) is 0 Å².